The summed E-state index contributed by atoms with van der Waals surface area (Å²) in [7, 11) is -3.21. The highest BCUT2D eigenvalue weighted by Gasteiger charge is 2.36. The Morgan fingerprint density at radius 3 is 2.69 bits per heavy atom. The van der Waals surface area contributed by atoms with Crippen molar-refractivity contribution in [2.24, 2.45) is 0 Å². The second kappa shape index (κ2) is 3.58. The molecule has 1 saturated heterocycles. The predicted octanol–water partition coefficient (Wildman–Crippen LogP) is -1.36. The van der Waals surface area contributed by atoms with Crippen LogP contribution in [0.25, 0.3) is 0 Å². The minimum absolute atomic E-state index is 0.0757. The lowest BCUT2D eigenvalue weighted by Crippen LogP contribution is -2.59. The van der Waals surface area contributed by atoms with E-state index in [1.807, 2.05) is 0 Å². The molecule has 88 valence electrons. The van der Waals surface area contributed by atoms with Crippen LogP contribution in [0.2, 0.25) is 0 Å². The summed E-state index contributed by atoms with van der Waals surface area (Å²) < 4.78 is 22.5. The van der Waals surface area contributed by atoms with Crippen molar-refractivity contribution in [1.82, 2.24) is 10.2 Å². The number of hydrogen-bond acceptors (Lipinski definition) is 4. The predicted molar refractivity (Wildman–Crippen MR) is 56.0 cm³/mol. The van der Waals surface area contributed by atoms with E-state index < -0.39 is 21.9 Å². The molecule has 0 radical (unpaired) electrons. The van der Waals surface area contributed by atoms with Gasteiger partial charge in [-0.3, -0.25) is 9.59 Å². The summed E-state index contributed by atoms with van der Waals surface area (Å²) in [6, 6.07) is -1.09. The number of hydrogen-bond donors (Lipinski definition) is 1. The summed E-state index contributed by atoms with van der Waals surface area (Å²) in [5.41, 5.74) is 0. The number of nitrogens with zero attached hydrogens (tertiary/aromatic N) is 1. The van der Waals surface area contributed by atoms with Crippen molar-refractivity contribution in [3.8, 4) is 0 Å². The van der Waals surface area contributed by atoms with Gasteiger partial charge < -0.3 is 10.2 Å². The summed E-state index contributed by atoms with van der Waals surface area (Å²) >= 11 is 0. The fraction of sp³-hybridized carbons (Fsp3) is 0.556. The highest BCUT2D eigenvalue weighted by Crippen LogP contribution is 2.17. The average Bonchev–Trinajstić information content (AvgIpc) is 2.52. The Hall–Kier alpha value is -1.37. The summed E-state index contributed by atoms with van der Waals surface area (Å²) in [5.74, 6) is -0.630. The van der Waals surface area contributed by atoms with Crippen molar-refractivity contribution in [3.05, 3.63) is 11.5 Å². The molecule has 0 aromatic heterocycles. The smallest absolute Gasteiger partial charge is 0.245 e. The van der Waals surface area contributed by atoms with Crippen LogP contribution in [0.5, 0.6) is 0 Å². The van der Waals surface area contributed by atoms with Gasteiger partial charge in [0.25, 0.3) is 0 Å². The van der Waals surface area contributed by atoms with Crippen LogP contribution in [0.3, 0.4) is 0 Å². The maximum Gasteiger partial charge on any atom is 0.245 e. The normalized spacial score (nSPS) is 32.9. The van der Waals surface area contributed by atoms with Crippen molar-refractivity contribution >= 4 is 21.7 Å². The molecular formula is C9H12N2O4S. The second-order valence-electron chi connectivity index (χ2n) is 3.98. The summed E-state index contributed by atoms with van der Waals surface area (Å²) in [5, 5.41) is 3.60. The Morgan fingerprint density at radius 2 is 2.12 bits per heavy atom. The van der Waals surface area contributed by atoms with Gasteiger partial charge in [0.05, 0.1) is 11.8 Å². The number of carbonyl (C=O) groups is 2. The third-order valence-corrected chi connectivity index (χ3v) is 4.03. The van der Waals surface area contributed by atoms with E-state index in [4.69, 9.17) is 0 Å². The van der Waals surface area contributed by atoms with Gasteiger partial charge in [0.15, 0.2) is 9.84 Å². The molecular weight excluding hydrogens is 232 g/mol. The number of nitrogens with one attached hydrogen (secondary N) is 1. The molecule has 0 spiro atoms. The molecule has 2 unspecified atom stereocenters. The molecule has 1 fully saturated rings. The maximum absolute atomic E-state index is 11.8. The molecule has 1 N–H and O–H groups in total. The average molecular weight is 244 g/mol. The topological polar surface area (TPSA) is 83.6 Å². The fourth-order valence-corrected chi connectivity index (χ4v) is 3.16. The largest absolute Gasteiger partial charge is 0.343 e. The Labute approximate surface area is 93.2 Å². The van der Waals surface area contributed by atoms with Crippen molar-refractivity contribution in [3.63, 3.8) is 0 Å². The van der Waals surface area contributed by atoms with Gasteiger partial charge >= 0.3 is 0 Å². The summed E-state index contributed by atoms with van der Waals surface area (Å²) in [6.45, 7) is 1.51. The van der Waals surface area contributed by atoms with E-state index in [9.17, 15) is 18.0 Å². The van der Waals surface area contributed by atoms with Gasteiger partial charge in [-0.25, -0.2) is 8.42 Å². The van der Waals surface area contributed by atoms with Gasteiger partial charge in [-0.15, -0.1) is 0 Å². The van der Waals surface area contributed by atoms with Crippen LogP contribution >= 0.6 is 0 Å². The second-order valence-corrected chi connectivity index (χ2v) is 5.91. The molecule has 2 aliphatic heterocycles. The molecule has 2 atom stereocenters. The van der Waals surface area contributed by atoms with Crippen LogP contribution in [0.1, 0.15) is 6.92 Å². The molecule has 0 saturated carbocycles. The zero-order valence-electron chi connectivity index (χ0n) is 8.71. The highest BCUT2D eigenvalue weighted by atomic mass is 32.2. The molecule has 0 bridgehead atoms. The SMILES string of the molecule is CC1NC(=O)CN(C2C=CS(=O)(=O)C2)C1=O. The van der Waals surface area contributed by atoms with Crippen LogP contribution in [0, 0.1) is 0 Å². The monoisotopic (exact) mass is 244 g/mol. The first kappa shape index (κ1) is 11.1. The molecule has 16 heavy (non-hydrogen) atoms. The van der Waals surface area contributed by atoms with E-state index in [1.165, 1.54) is 11.0 Å². The van der Waals surface area contributed by atoms with Crippen LogP contribution in [-0.4, -0.2) is 49.5 Å². The van der Waals surface area contributed by atoms with Crippen molar-refractivity contribution in [2.45, 2.75) is 19.0 Å². The van der Waals surface area contributed by atoms with Gasteiger partial charge in [-0.2, -0.15) is 0 Å². The van der Waals surface area contributed by atoms with Gasteiger partial charge in [0, 0.05) is 5.41 Å². The standard InChI is InChI=1S/C9H12N2O4S/c1-6-9(13)11(4-8(12)10-6)7-2-3-16(14,15)5-7/h2-3,6-7H,4-5H2,1H3,(H,10,12). The molecule has 2 heterocycles. The number of rotatable bonds is 1. The molecule has 0 aliphatic carbocycles. The van der Waals surface area contributed by atoms with E-state index in [0.29, 0.717) is 0 Å². The first-order valence-electron chi connectivity index (χ1n) is 4.90. The minimum atomic E-state index is -3.21. The van der Waals surface area contributed by atoms with Gasteiger partial charge in [-0.1, -0.05) is 0 Å². The Bertz CT molecular complexity index is 468. The van der Waals surface area contributed by atoms with Crippen molar-refractivity contribution < 1.29 is 18.0 Å². The molecule has 7 heteroatoms. The van der Waals surface area contributed by atoms with Crippen LogP contribution in [0.15, 0.2) is 11.5 Å². The van der Waals surface area contributed by atoms with Crippen molar-refractivity contribution in [1.29, 1.82) is 0 Å². The lowest BCUT2D eigenvalue weighted by Gasteiger charge is -2.34. The van der Waals surface area contributed by atoms with Gasteiger partial charge in [0.2, 0.25) is 11.8 Å². The first-order valence-corrected chi connectivity index (χ1v) is 6.61. The number of amides is 2. The lowest BCUT2D eigenvalue weighted by molar-refractivity contribution is -0.144. The highest BCUT2D eigenvalue weighted by molar-refractivity contribution is 7.94. The zero-order chi connectivity index (χ0) is 11.9. The van der Waals surface area contributed by atoms with E-state index in [-0.39, 0.29) is 24.1 Å². The van der Waals surface area contributed by atoms with Crippen LogP contribution < -0.4 is 5.32 Å². The number of carbonyl (C=O) groups excluding carboxylic acids is 2. The van der Waals surface area contributed by atoms with E-state index in [1.54, 1.807) is 6.92 Å². The molecule has 0 aromatic rings. The molecule has 2 amide bonds. The molecule has 6 nitrogen and oxygen atoms in total. The zero-order valence-corrected chi connectivity index (χ0v) is 9.53. The third-order valence-electron chi connectivity index (χ3n) is 2.66. The summed E-state index contributed by atoms with van der Waals surface area (Å²) in [4.78, 5) is 24.3. The third kappa shape index (κ3) is 1.95. The van der Waals surface area contributed by atoms with E-state index in [2.05, 4.69) is 5.32 Å². The van der Waals surface area contributed by atoms with Gasteiger partial charge in [-0.05, 0) is 13.0 Å². The summed E-state index contributed by atoms with van der Waals surface area (Å²) in [6.07, 6.45) is 1.46. The molecule has 2 aliphatic rings. The molecule has 0 aromatic carbocycles. The minimum Gasteiger partial charge on any atom is -0.343 e. The lowest BCUT2D eigenvalue weighted by atomic mass is 10.1. The Morgan fingerprint density at radius 1 is 1.44 bits per heavy atom. The quantitative estimate of drug-likeness (QED) is 0.618. The fourth-order valence-electron chi connectivity index (χ4n) is 1.86. The Balaban J connectivity index is 2.19. The van der Waals surface area contributed by atoms with E-state index >= 15 is 0 Å². The number of sulfone groups is 1. The first-order chi connectivity index (χ1) is 7.39. The van der Waals surface area contributed by atoms with Crippen LogP contribution in [0.4, 0.5) is 0 Å². The van der Waals surface area contributed by atoms with E-state index in [0.717, 1.165) is 5.41 Å². The van der Waals surface area contributed by atoms with Crippen molar-refractivity contribution in [2.75, 3.05) is 12.3 Å². The van der Waals surface area contributed by atoms with Crippen LogP contribution in [-0.2, 0) is 19.4 Å². The molecule has 2 rings (SSSR count). The maximum atomic E-state index is 11.8. The van der Waals surface area contributed by atoms with Gasteiger partial charge in [0.1, 0.15) is 12.6 Å². The Kier molecular flexibility index (Phi) is 2.49. The number of piperazine rings is 1.